The van der Waals surface area contributed by atoms with E-state index >= 15 is 0 Å². The van der Waals surface area contributed by atoms with Crippen LogP contribution in [0, 0.1) is 28.6 Å². The first kappa shape index (κ1) is 28.9. The molecule has 5 fully saturated rings. The first-order valence-electron chi connectivity index (χ1n) is 14.8. The van der Waals surface area contributed by atoms with Gasteiger partial charge in [0.1, 0.15) is 24.9 Å². The molecule has 2 aliphatic heterocycles. The third kappa shape index (κ3) is 3.85. The highest BCUT2D eigenvalue weighted by Gasteiger charge is 2.73. The third-order valence-electron chi connectivity index (χ3n) is 12.1. The molecule has 0 spiro atoms. The molecule has 1 saturated heterocycles. The summed E-state index contributed by atoms with van der Waals surface area (Å²) in [6.07, 6.45) is -2.94. The summed E-state index contributed by atoms with van der Waals surface area (Å²) in [5, 5.41) is 77.8. The maximum atomic E-state index is 12.4. The molecule has 7 N–H and O–H groups in total. The predicted molar refractivity (Wildman–Crippen MR) is 137 cm³/mol. The molecule has 226 valence electrons. The maximum absolute atomic E-state index is 12.4. The molecule has 11 heteroatoms. The summed E-state index contributed by atoms with van der Waals surface area (Å²) >= 11 is 0. The Hall–Kier alpha value is -1.15. The molecule has 0 aromatic carbocycles. The van der Waals surface area contributed by atoms with E-state index in [2.05, 4.69) is 0 Å². The Kier molecular flexibility index (Phi) is 7.01. The van der Waals surface area contributed by atoms with Crippen molar-refractivity contribution in [2.24, 2.45) is 28.6 Å². The number of rotatable bonds is 4. The molecule has 0 aromatic rings. The summed E-state index contributed by atoms with van der Waals surface area (Å²) in [4.78, 5) is 11.8. The smallest absolute Gasteiger partial charge is 0.331 e. The van der Waals surface area contributed by atoms with Crippen LogP contribution in [0.15, 0.2) is 11.6 Å². The molecular formula is C29H44O11. The van der Waals surface area contributed by atoms with E-state index in [4.69, 9.17) is 14.2 Å². The summed E-state index contributed by atoms with van der Waals surface area (Å²) in [6, 6.07) is 0. The van der Waals surface area contributed by atoms with Gasteiger partial charge in [-0.05, 0) is 69.3 Å². The highest BCUT2D eigenvalue weighted by molar-refractivity contribution is 5.85. The number of aliphatic hydroxyl groups excluding tert-OH is 5. The number of hydrogen-bond acceptors (Lipinski definition) is 11. The van der Waals surface area contributed by atoms with E-state index in [1.54, 1.807) is 6.92 Å². The molecule has 14 atom stereocenters. The van der Waals surface area contributed by atoms with E-state index in [-0.39, 0.29) is 43.9 Å². The van der Waals surface area contributed by atoms with Gasteiger partial charge < -0.3 is 50.0 Å². The Morgan fingerprint density at radius 1 is 1.00 bits per heavy atom. The minimum Gasteiger partial charge on any atom is -0.458 e. The lowest BCUT2D eigenvalue weighted by atomic mass is 9.40. The highest BCUT2D eigenvalue weighted by atomic mass is 16.7. The number of hydrogen-bond donors (Lipinski definition) is 7. The number of fused-ring (bicyclic) bond motifs is 5. The van der Waals surface area contributed by atoms with Gasteiger partial charge in [0.05, 0.1) is 36.1 Å². The van der Waals surface area contributed by atoms with Crippen LogP contribution in [-0.4, -0.2) is 109 Å². The van der Waals surface area contributed by atoms with Crippen molar-refractivity contribution in [3.63, 3.8) is 0 Å². The molecule has 6 unspecified atom stereocenters. The number of carbonyl (C=O) groups excluding carboxylic acids is 1. The summed E-state index contributed by atoms with van der Waals surface area (Å²) < 4.78 is 16.8. The van der Waals surface area contributed by atoms with Gasteiger partial charge in [0.25, 0.3) is 0 Å². The van der Waals surface area contributed by atoms with Crippen molar-refractivity contribution in [1.82, 2.24) is 0 Å². The van der Waals surface area contributed by atoms with Crippen LogP contribution in [0.25, 0.3) is 0 Å². The van der Waals surface area contributed by atoms with Crippen LogP contribution in [0.5, 0.6) is 0 Å². The van der Waals surface area contributed by atoms with E-state index in [1.807, 2.05) is 6.92 Å². The molecular weight excluding hydrogens is 524 g/mol. The molecule has 0 bridgehead atoms. The van der Waals surface area contributed by atoms with Gasteiger partial charge in [-0.15, -0.1) is 0 Å². The lowest BCUT2D eigenvalue weighted by Crippen LogP contribution is -2.72. The SMILES string of the molecule is CC1O[C@H](O[C@H]2CC[C@]3(CO)C4C(O)C[C@]5(C)[C@@H](C6=CC(=O)OC6)CC[C@]5(O)C4CC[C@]3(O)C2)C(O)C(O)[C@@H]1O. The van der Waals surface area contributed by atoms with Crippen molar-refractivity contribution in [2.75, 3.05) is 13.2 Å². The molecule has 0 aromatic heterocycles. The maximum Gasteiger partial charge on any atom is 0.331 e. The van der Waals surface area contributed by atoms with Gasteiger partial charge in [0, 0.05) is 29.2 Å². The van der Waals surface area contributed by atoms with E-state index in [0.29, 0.717) is 38.5 Å². The van der Waals surface area contributed by atoms with Crippen LogP contribution < -0.4 is 0 Å². The molecule has 40 heavy (non-hydrogen) atoms. The van der Waals surface area contributed by atoms with Crippen LogP contribution >= 0.6 is 0 Å². The van der Waals surface area contributed by atoms with Gasteiger partial charge in [0.15, 0.2) is 6.29 Å². The molecule has 6 aliphatic rings. The average Bonchev–Trinajstić information content (AvgIpc) is 3.45. The Balaban J connectivity index is 1.25. The Labute approximate surface area is 233 Å². The summed E-state index contributed by atoms with van der Waals surface area (Å²) in [5.41, 5.74) is -3.43. The van der Waals surface area contributed by atoms with Gasteiger partial charge in [-0.2, -0.15) is 0 Å². The lowest BCUT2D eigenvalue weighted by Gasteiger charge is -2.67. The number of carbonyl (C=O) groups is 1. The second-order valence-corrected chi connectivity index (χ2v) is 13.7. The zero-order valence-corrected chi connectivity index (χ0v) is 23.2. The van der Waals surface area contributed by atoms with Crippen molar-refractivity contribution < 1.29 is 54.8 Å². The fraction of sp³-hybridized carbons (Fsp3) is 0.897. The van der Waals surface area contributed by atoms with Crippen molar-refractivity contribution in [3.8, 4) is 0 Å². The molecule has 4 saturated carbocycles. The fourth-order valence-corrected chi connectivity index (χ4v) is 10.0. The van der Waals surface area contributed by atoms with Crippen molar-refractivity contribution in [3.05, 3.63) is 11.6 Å². The molecule has 0 radical (unpaired) electrons. The van der Waals surface area contributed by atoms with Crippen molar-refractivity contribution in [2.45, 2.75) is 119 Å². The largest absolute Gasteiger partial charge is 0.458 e. The van der Waals surface area contributed by atoms with Crippen molar-refractivity contribution >= 4 is 5.97 Å². The van der Waals surface area contributed by atoms with Crippen LogP contribution in [0.2, 0.25) is 0 Å². The monoisotopic (exact) mass is 568 g/mol. The molecule has 6 rings (SSSR count). The minimum absolute atomic E-state index is 0.104. The summed E-state index contributed by atoms with van der Waals surface area (Å²) in [6.45, 7) is 3.41. The van der Waals surface area contributed by atoms with Crippen LogP contribution in [0.4, 0.5) is 0 Å². The first-order chi connectivity index (χ1) is 18.8. The van der Waals surface area contributed by atoms with Crippen LogP contribution in [-0.2, 0) is 19.0 Å². The standard InChI is InChI=1S/C29H44O11/c1-14-22(33)23(34)24(35)25(39-14)40-16-3-6-27(13-30)21-18(4-7-28(27,36)10-16)29(37)8-5-17(15-9-20(32)38-12-15)26(29,2)11-19(21)31/h9,14,16-19,21-25,30-31,33-37H,3-8,10-13H2,1-2H3/t14?,16-,17+,18?,19?,21?,22+,23?,24?,25+,26+,27-,28-,29-/m0/s1. The average molecular weight is 569 g/mol. The summed E-state index contributed by atoms with van der Waals surface area (Å²) in [7, 11) is 0. The Bertz CT molecular complexity index is 1050. The quantitative estimate of drug-likeness (QED) is 0.171. The molecule has 4 aliphatic carbocycles. The zero-order chi connectivity index (χ0) is 28.8. The van der Waals surface area contributed by atoms with Gasteiger partial charge in [-0.25, -0.2) is 4.79 Å². The van der Waals surface area contributed by atoms with Crippen molar-refractivity contribution in [1.29, 1.82) is 0 Å². The normalized spacial score (nSPS) is 56.1. The Morgan fingerprint density at radius 2 is 1.75 bits per heavy atom. The van der Waals surface area contributed by atoms with E-state index < -0.39 is 70.9 Å². The van der Waals surface area contributed by atoms with Gasteiger partial charge in [-0.1, -0.05) is 6.92 Å². The van der Waals surface area contributed by atoms with Crippen LogP contribution in [0.3, 0.4) is 0 Å². The second kappa shape index (κ2) is 9.68. The summed E-state index contributed by atoms with van der Waals surface area (Å²) in [5.74, 6) is -1.38. The third-order valence-corrected chi connectivity index (χ3v) is 12.1. The van der Waals surface area contributed by atoms with Gasteiger partial charge >= 0.3 is 5.97 Å². The minimum atomic E-state index is -1.46. The second-order valence-electron chi connectivity index (χ2n) is 13.7. The van der Waals surface area contributed by atoms with Gasteiger partial charge in [0.2, 0.25) is 0 Å². The molecule has 2 heterocycles. The predicted octanol–water partition coefficient (Wildman–Crippen LogP) is -0.486. The lowest BCUT2D eigenvalue weighted by molar-refractivity contribution is -0.327. The zero-order valence-electron chi connectivity index (χ0n) is 23.2. The van der Waals surface area contributed by atoms with E-state index in [1.165, 1.54) is 6.08 Å². The molecule has 0 amide bonds. The van der Waals surface area contributed by atoms with Gasteiger partial charge in [-0.3, -0.25) is 0 Å². The number of cyclic esters (lactones) is 1. The first-order valence-corrected chi connectivity index (χ1v) is 14.8. The fourth-order valence-electron chi connectivity index (χ4n) is 10.0. The molecule has 11 nitrogen and oxygen atoms in total. The number of ether oxygens (including phenoxy) is 3. The number of esters is 1. The Morgan fingerprint density at radius 3 is 2.42 bits per heavy atom. The van der Waals surface area contributed by atoms with Crippen LogP contribution in [0.1, 0.15) is 65.2 Å². The van der Waals surface area contributed by atoms with E-state index in [9.17, 15) is 40.5 Å². The van der Waals surface area contributed by atoms with E-state index in [0.717, 1.165) is 5.57 Å². The number of aliphatic hydroxyl groups is 7. The highest BCUT2D eigenvalue weighted by Crippen LogP contribution is 2.70. The topological polar surface area (TPSA) is 186 Å².